The molecule has 0 aliphatic rings. The minimum atomic E-state index is -1.47. The third-order valence-corrected chi connectivity index (χ3v) is 7.58. The predicted molar refractivity (Wildman–Crippen MR) is 173 cm³/mol. The fourth-order valence-corrected chi connectivity index (χ4v) is 4.91. The molecule has 10 heteroatoms. The second-order valence-electron chi connectivity index (χ2n) is 10.1. The lowest BCUT2D eigenvalue weighted by atomic mass is 10.1. The van der Waals surface area contributed by atoms with Crippen LogP contribution < -0.4 is 18.9 Å². The van der Waals surface area contributed by atoms with E-state index in [1.54, 1.807) is 54.6 Å². The molecule has 0 saturated heterocycles. The number of carboxylic acids is 2. The lowest BCUT2D eigenvalue weighted by Crippen LogP contribution is -2.12. The number of carbonyl (C=O) groups is 2. The summed E-state index contributed by atoms with van der Waals surface area (Å²) < 4.78 is 23.8. The highest BCUT2D eigenvalue weighted by Gasteiger charge is 2.25. The number of carboxylic acid groups (broad SMARTS) is 2. The number of halogens is 2. The van der Waals surface area contributed by atoms with Gasteiger partial charge in [-0.1, -0.05) is 83.9 Å². The molecule has 2 N–H and O–H groups in total. The Hall–Kier alpha value is -5.18. The van der Waals surface area contributed by atoms with Crippen LogP contribution in [0.1, 0.15) is 43.0 Å². The Balaban J connectivity index is 1.32. The number of ether oxygens (including phenoxy) is 4. The second kappa shape index (κ2) is 15.2. The molecule has 0 fully saturated rings. The highest BCUT2D eigenvalue weighted by molar-refractivity contribution is 6.31. The van der Waals surface area contributed by atoms with Crippen molar-refractivity contribution in [1.29, 1.82) is 0 Å². The van der Waals surface area contributed by atoms with E-state index in [1.807, 2.05) is 42.5 Å². The van der Waals surface area contributed by atoms with Gasteiger partial charge in [-0.05, 0) is 59.7 Å². The first-order chi connectivity index (χ1) is 22.3. The quantitative estimate of drug-likeness (QED) is 0.122. The average molecular weight is 660 g/mol. The molecule has 5 aromatic carbocycles. The van der Waals surface area contributed by atoms with Crippen LogP contribution in [0.15, 0.2) is 109 Å². The number of hydrogen-bond acceptors (Lipinski definition) is 6. The highest BCUT2D eigenvalue weighted by atomic mass is 35.5. The minimum absolute atomic E-state index is 0.0243. The summed E-state index contributed by atoms with van der Waals surface area (Å²) in [5.74, 6) is -1.89. The van der Waals surface area contributed by atoms with Crippen molar-refractivity contribution in [3.8, 4) is 23.0 Å². The molecule has 0 heterocycles. The van der Waals surface area contributed by atoms with Crippen LogP contribution >= 0.6 is 23.2 Å². The monoisotopic (exact) mass is 658 g/mol. The summed E-state index contributed by atoms with van der Waals surface area (Å²) in [6, 6.07) is 31.6. The Kier molecular flexibility index (Phi) is 10.7. The van der Waals surface area contributed by atoms with E-state index >= 15 is 0 Å². The molecule has 0 atom stereocenters. The van der Waals surface area contributed by atoms with Gasteiger partial charge in [-0.25, -0.2) is 9.59 Å². The van der Waals surface area contributed by atoms with Crippen molar-refractivity contribution in [2.24, 2.45) is 0 Å². The molecule has 5 rings (SSSR count). The van der Waals surface area contributed by atoms with Gasteiger partial charge in [-0.2, -0.15) is 0 Å². The van der Waals surface area contributed by atoms with Crippen molar-refractivity contribution in [1.82, 2.24) is 0 Å². The molecule has 0 aliphatic carbocycles. The van der Waals surface area contributed by atoms with Gasteiger partial charge in [0.15, 0.2) is 11.5 Å². The SMILES string of the molecule is O=C(O)c1ccc(OCc2cccc(OCc3ccccc3Cl)c2)c(OCc2cccc(OCc3ccccc3Cl)c2)c1C(=O)O. The molecule has 0 spiro atoms. The van der Waals surface area contributed by atoms with Gasteiger partial charge in [-0.15, -0.1) is 0 Å². The van der Waals surface area contributed by atoms with Crippen LogP contribution in [-0.2, 0) is 26.4 Å². The Morgan fingerprint density at radius 2 is 1.07 bits per heavy atom. The second-order valence-corrected chi connectivity index (χ2v) is 10.9. The number of rotatable bonds is 14. The van der Waals surface area contributed by atoms with Crippen molar-refractivity contribution in [2.75, 3.05) is 0 Å². The third kappa shape index (κ3) is 8.29. The molecule has 0 unspecified atom stereocenters. The molecule has 0 bridgehead atoms. The molecule has 0 saturated carbocycles. The Labute approximate surface area is 275 Å². The molecule has 0 radical (unpaired) electrons. The van der Waals surface area contributed by atoms with Crippen molar-refractivity contribution in [3.05, 3.63) is 153 Å². The number of hydrogen-bond donors (Lipinski definition) is 2. The van der Waals surface area contributed by atoms with E-state index < -0.39 is 23.1 Å². The number of aromatic carboxylic acids is 2. The van der Waals surface area contributed by atoms with Crippen molar-refractivity contribution in [2.45, 2.75) is 26.4 Å². The number of benzene rings is 5. The minimum Gasteiger partial charge on any atom is -0.489 e. The zero-order chi connectivity index (χ0) is 32.5. The largest absolute Gasteiger partial charge is 0.489 e. The van der Waals surface area contributed by atoms with Crippen LogP contribution in [0.2, 0.25) is 10.0 Å². The van der Waals surface area contributed by atoms with E-state index in [1.165, 1.54) is 12.1 Å². The van der Waals surface area contributed by atoms with Gasteiger partial charge in [0.25, 0.3) is 0 Å². The van der Waals surface area contributed by atoms with Crippen LogP contribution in [0.5, 0.6) is 23.0 Å². The first kappa shape index (κ1) is 32.2. The molecule has 8 nitrogen and oxygen atoms in total. The van der Waals surface area contributed by atoms with Gasteiger partial charge in [0.05, 0.1) is 5.56 Å². The van der Waals surface area contributed by atoms with Crippen molar-refractivity contribution >= 4 is 35.1 Å². The van der Waals surface area contributed by atoms with Gasteiger partial charge in [0, 0.05) is 21.2 Å². The fraction of sp³-hybridized carbons (Fsp3) is 0.111. The normalized spacial score (nSPS) is 10.7. The molecule has 46 heavy (non-hydrogen) atoms. The summed E-state index contributed by atoms with van der Waals surface area (Å²) in [5, 5.41) is 20.9. The summed E-state index contributed by atoms with van der Waals surface area (Å²) in [6.07, 6.45) is 0. The predicted octanol–water partition coefficient (Wildman–Crippen LogP) is 8.71. The maximum Gasteiger partial charge on any atom is 0.340 e. The Bertz CT molecular complexity index is 1860. The lowest BCUT2D eigenvalue weighted by Gasteiger charge is -2.17. The van der Waals surface area contributed by atoms with Gasteiger partial charge in [0.2, 0.25) is 0 Å². The van der Waals surface area contributed by atoms with E-state index in [0.717, 1.165) is 16.7 Å². The maximum absolute atomic E-state index is 12.3. The molecule has 0 aliphatic heterocycles. The molecule has 5 aromatic rings. The fourth-order valence-electron chi connectivity index (χ4n) is 4.53. The van der Waals surface area contributed by atoms with Crippen molar-refractivity contribution < 1.29 is 38.7 Å². The van der Waals surface area contributed by atoms with Gasteiger partial charge < -0.3 is 29.2 Å². The molecule has 0 amide bonds. The van der Waals surface area contributed by atoms with Gasteiger partial charge in [0.1, 0.15) is 43.5 Å². The molecular formula is C36H28Cl2O8. The Morgan fingerprint density at radius 1 is 0.543 bits per heavy atom. The molecule has 234 valence electrons. The van der Waals surface area contributed by atoms with Crippen LogP contribution in [0.25, 0.3) is 0 Å². The molecule has 0 aromatic heterocycles. The summed E-state index contributed by atoms with van der Waals surface area (Å²) in [7, 11) is 0. The van der Waals surface area contributed by atoms with Crippen molar-refractivity contribution in [3.63, 3.8) is 0 Å². The van der Waals surface area contributed by atoms with Crippen LogP contribution in [0.4, 0.5) is 0 Å². The summed E-state index contributed by atoms with van der Waals surface area (Å²) >= 11 is 12.5. The first-order valence-electron chi connectivity index (χ1n) is 14.1. The maximum atomic E-state index is 12.3. The summed E-state index contributed by atoms with van der Waals surface area (Å²) in [4.78, 5) is 24.2. The average Bonchev–Trinajstić information content (AvgIpc) is 3.05. The molecular weight excluding hydrogens is 631 g/mol. The summed E-state index contributed by atoms with van der Waals surface area (Å²) in [5.41, 5.74) is 2.09. The lowest BCUT2D eigenvalue weighted by molar-refractivity contribution is 0.0646. The van der Waals surface area contributed by atoms with E-state index in [4.69, 9.17) is 42.1 Å². The Morgan fingerprint density at radius 3 is 1.57 bits per heavy atom. The van der Waals surface area contributed by atoms with E-state index in [9.17, 15) is 19.8 Å². The van der Waals surface area contributed by atoms with E-state index in [2.05, 4.69) is 0 Å². The third-order valence-electron chi connectivity index (χ3n) is 6.84. The van der Waals surface area contributed by atoms with Gasteiger partial charge in [-0.3, -0.25) is 0 Å². The van der Waals surface area contributed by atoms with Gasteiger partial charge >= 0.3 is 11.9 Å². The first-order valence-corrected chi connectivity index (χ1v) is 14.8. The van der Waals surface area contributed by atoms with Crippen LogP contribution in [0, 0.1) is 0 Å². The van der Waals surface area contributed by atoms with Crippen LogP contribution in [-0.4, -0.2) is 22.2 Å². The highest BCUT2D eigenvalue weighted by Crippen LogP contribution is 2.36. The van der Waals surface area contributed by atoms with E-state index in [0.29, 0.717) is 27.1 Å². The standard InChI is InChI=1S/C36H28Cl2O8/c37-30-13-3-1-9-25(30)21-43-27-11-5-7-23(17-27)19-45-32-16-15-29(35(39)40)33(36(41)42)34(32)46-20-24-8-6-12-28(18-24)44-22-26-10-2-4-14-31(26)38/h1-18H,19-22H2,(H,39,40)(H,41,42). The zero-order valence-corrected chi connectivity index (χ0v) is 25.8. The summed E-state index contributed by atoms with van der Waals surface area (Å²) in [6.45, 7) is 0.454. The topological polar surface area (TPSA) is 112 Å². The smallest absolute Gasteiger partial charge is 0.340 e. The van der Waals surface area contributed by atoms with E-state index in [-0.39, 0.29) is 37.9 Å². The van der Waals surface area contributed by atoms with Crippen LogP contribution in [0.3, 0.4) is 0 Å². The zero-order valence-electron chi connectivity index (χ0n) is 24.3.